The van der Waals surface area contributed by atoms with Crippen molar-refractivity contribution in [1.82, 2.24) is 5.32 Å². The molecule has 0 bridgehead atoms. The average Bonchev–Trinajstić information content (AvgIpc) is 2.18. The number of carboxylic acids is 1. The van der Waals surface area contributed by atoms with E-state index in [-0.39, 0.29) is 6.61 Å². The van der Waals surface area contributed by atoms with Crippen molar-refractivity contribution in [3.63, 3.8) is 0 Å². The second-order valence-corrected chi connectivity index (χ2v) is 3.38. The predicted molar refractivity (Wildman–Crippen MR) is 57.4 cm³/mol. The minimum Gasteiger partial charge on any atom is -0.491 e. The van der Waals surface area contributed by atoms with Crippen LogP contribution in [0.4, 0.5) is 0 Å². The molecule has 1 aromatic rings. The summed E-state index contributed by atoms with van der Waals surface area (Å²) >= 11 is 5.74. The van der Waals surface area contributed by atoms with Crippen molar-refractivity contribution in [3.8, 4) is 5.75 Å². The number of rotatable bonds is 5. The third kappa shape index (κ3) is 3.77. The highest BCUT2D eigenvalue weighted by atomic mass is 35.5. The summed E-state index contributed by atoms with van der Waals surface area (Å²) in [5.41, 5.74) is 0. The Morgan fingerprint density at radius 3 is 2.93 bits per heavy atom. The molecule has 0 unspecified atom stereocenters. The van der Waals surface area contributed by atoms with Gasteiger partial charge in [-0.25, -0.2) is 0 Å². The molecule has 0 aliphatic rings. The monoisotopic (exact) mass is 229 g/mol. The average molecular weight is 230 g/mol. The molecule has 0 saturated heterocycles. The minimum atomic E-state index is -0.945. The molecule has 0 aromatic heterocycles. The molecule has 4 nitrogen and oxygen atoms in total. The molecular weight excluding hydrogens is 218 g/mol. The van der Waals surface area contributed by atoms with E-state index in [4.69, 9.17) is 21.4 Å². The number of halogens is 1. The SMILES string of the molecule is CN[C@@H](COc1cccc(Cl)c1)C(=O)O. The van der Waals surface area contributed by atoms with Crippen molar-refractivity contribution in [2.75, 3.05) is 13.7 Å². The number of carboxylic acid groups (broad SMARTS) is 1. The number of likely N-dealkylation sites (N-methyl/N-ethyl adjacent to an activating group) is 1. The molecule has 5 heteroatoms. The van der Waals surface area contributed by atoms with Gasteiger partial charge in [-0.3, -0.25) is 4.79 Å². The summed E-state index contributed by atoms with van der Waals surface area (Å²) in [6.07, 6.45) is 0. The number of hydrogen-bond donors (Lipinski definition) is 2. The molecule has 0 heterocycles. The Bertz CT molecular complexity index is 343. The molecule has 0 aliphatic carbocycles. The quantitative estimate of drug-likeness (QED) is 0.801. The standard InChI is InChI=1S/C10H12ClNO3/c1-12-9(10(13)14)6-15-8-4-2-3-7(11)5-8/h2-5,9,12H,6H2,1H3,(H,13,14)/t9-/m0/s1. The Balaban J connectivity index is 2.52. The molecule has 1 atom stereocenters. The highest BCUT2D eigenvalue weighted by Crippen LogP contribution is 2.17. The Morgan fingerprint density at radius 2 is 2.40 bits per heavy atom. The number of nitrogens with one attached hydrogen (secondary N) is 1. The summed E-state index contributed by atoms with van der Waals surface area (Å²) in [5, 5.41) is 11.9. The van der Waals surface area contributed by atoms with Crippen LogP contribution in [0.1, 0.15) is 0 Å². The third-order valence-electron chi connectivity index (χ3n) is 1.86. The lowest BCUT2D eigenvalue weighted by atomic mass is 10.3. The first kappa shape index (κ1) is 11.8. The van der Waals surface area contributed by atoms with Crippen molar-refractivity contribution < 1.29 is 14.6 Å². The first-order valence-corrected chi connectivity index (χ1v) is 4.79. The molecule has 0 aliphatic heterocycles. The molecule has 2 N–H and O–H groups in total. The van der Waals surface area contributed by atoms with E-state index in [9.17, 15) is 4.79 Å². The Morgan fingerprint density at radius 1 is 1.67 bits per heavy atom. The second-order valence-electron chi connectivity index (χ2n) is 2.95. The molecule has 82 valence electrons. The summed E-state index contributed by atoms with van der Waals surface area (Å²) in [7, 11) is 1.57. The molecule has 0 spiro atoms. The highest BCUT2D eigenvalue weighted by Gasteiger charge is 2.15. The van der Waals surface area contributed by atoms with Gasteiger partial charge in [-0.2, -0.15) is 0 Å². The van der Waals surface area contributed by atoms with E-state index in [0.29, 0.717) is 10.8 Å². The topological polar surface area (TPSA) is 58.6 Å². The number of ether oxygens (including phenoxy) is 1. The van der Waals surface area contributed by atoms with Gasteiger partial charge in [0.25, 0.3) is 0 Å². The van der Waals surface area contributed by atoms with Crippen LogP contribution in [0.3, 0.4) is 0 Å². The van der Waals surface area contributed by atoms with Gasteiger partial charge in [0, 0.05) is 5.02 Å². The molecule has 1 rings (SSSR count). The van der Waals surface area contributed by atoms with Crippen LogP contribution in [0.5, 0.6) is 5.75 Å². The van der Waals surface area contributed by atoms with Crippen LogP contribution in [0, 0.1) is 0 Å². The maximum atomic E-state index is 10.7. The van der Waals surface area contributed by atoms with Crippen LogP contribution in [-0.4, -0.2) is 30.8 Å². The van der Waals surface area contributed by atoms with Gasteiger partial charge in [-0.1, -0.05) is 17.7 Å². The maximum absolute atomic E-state index is 10.7. The lowest BCUT2D eigenvalue weighted by molar-refractivity contribution is -0.140. The van der Waals surface area contributed by atoms with Gasteiger partial charge in [-0.15, -0.1) is 0 Å². The molecule has 15 heavy (non-hydrogen) atoms. The zero-order chi connectivity index (χ0) is 11.3. The minimum absolute atomic E-state index is 0.0617. The number of carbonyl (C=O) groups is 1. The van der Waals surface area contributed by atoms with Gasteiger partial charge in [0.05, 0.1) is 0 Å². The van der Waals surface area contributed by atoms with Gasteiger partial charge in [0.1, 0.15) is 18.4 Å². The largest absolute Gasteiger partial charge is 0.491 e. The van der Waals surface area contributed by atoms with Crippen LogP contribution in [0.25, 0.3) is 0 Å². The maximum Gasteiger partial charge on any atom is 0.324 e. The van der Waals surface area contributed by atoms with Gasteiger partial charge in [0.2, 0.25) is 0 Å². The summed E-state index contributed by atoms with van der Waals surface area (Å²) in [5.74, 6) is -0.386. The summed E-state index contributed by atoms with van der Waals surface area (Å²) in [4.78, 5) is 10.7. The molecule has 0 fully saturated rings. The van der Waals surface area contributed by atoms with Crippen molar-refractivity contribution in [2.24, 2.45) is 0 Å². The molecular formula is C10H12ClNO3. The third-order valence-corrected chi connectivity index (χ3v) is 2.09. The fourth-order valence-corrected chi connectivity index (χ4v) is 1.19. The van der Waals surface area contributed by atoms with Gasteiger partial charge in [0.15, 0.2) is 0 Å². The first-order chi connectivity index (χ1) is 7.13. The fraction of sp³-hybridized carbons (Fsp3) is 0.300. The smallest absolute Gasteiger partial charge is 0.324 e. The molecule has 0 radical (unpaired) electrons. The van der Waals surface area contributed by atoms with Crippen molar-refractivity contribution in [3.05, 3.63) is 29.3 Å². The van der Waals surface area contributed by atoms with Crippen LogP contribution in [0.15, 0.2) is 24.3 Å². The normalized spacial score (nSPS) is 12.1. The van der Waals surface area contributed by atoms with E-state index in [0.717, 1.165) is 0 Å². The van der Waals surface area contributed by atoms with E-state index in [1.807, 2.05) is 0 Å². The van der Waals surface area contributed by atoms with Crippen molar-refractivity contribution >= 4 is 17.6 Å². The van der Waals surface area contributed by atoms with E-state index >= 15 is 0 Å². The predicted octanol–water partition coefficient (Wildman–Crippen LogP) is 1.39. The molecule has 0 amide bonds. The van der Waals surface area contributed by atoms with Gasteiger partial charge < -0.3 is 15.2 Å². The first-order valence-electron chi connectivity index (χ1n) is 4.42. The zero-order valence-corrected chi connectivity index (χ0v) is 8.99. The van der Waals surface area contributed by atoms with Crippen LogP contribution >= 0.6 is 11.6 Å². The fourth-order valence-electron chi connectivity index (χ4n) is 1.01. The van der Waals surface area contributed by atoms with Crippen LogP contribution in [-0.2, 0) is 4.79 Å². The Kier molecular flexibility index (Phi) is 4.39. The highest BCUT2D eigenvalue weighted by molar-refractivity contribution is 6.30. The van der Waals surface area contributed by atoms with E-state index in [1.165, 1.54) is 0 Å². The zero-order valence-electron chi connectivity index (χ0n) is 8.24. The van der Waals surface area contributed by atoms with Crippen molar-refractivity contribution in [1.29, 1.82) is 0 Å². The number of aliphatic carboxylic acids is 1. The number of benzene rings is 1. The van der Waals surface area contributed by atoms with Crippen molar-refractivity contribution in [2.45, 2.75) is 6.04 Å². The van der Waals surface area contributed by atoms with Gasteiger partial charge in [-0.05, 0) is 25.2 Å². The molecule has 0 saturated carbocycles. The lowest BCUT2D eigenvalue weighted by Crippen LogP contribution is -2.39. The molecule has 1 aromatic carbocycles. The van der Waals surface area contributed by atoms with Crippen LogP contribution < -0.4 is 10.1 Å². The second kappa shape index (κ2) is 5.58. The van der Waals surface area contributed by atoms with E-state index < -0.39 is 12.0 Å². The lowest BCUT2D eigenvalue weighted by Gasteiger charge is -2.12. The Labute approximate surface area is 92.8 Å². The Hall–Kier alpha value is -1.26. The summed E-state index contributed by atoms with van der Waals surface area (Å²) in [6, 6.07) is 6.11. The van der Waals surface area contributed by atoms with E-state index in [1.54, 1.807) is 31.3 Å². The summed E-state index contributed by atoms with van der Waals surface area (Å²) in [6.45, 7) is 0.0617. The van der Waals surface area contributed by atoms with Gasteiger partial charge >= 0.3 is 5.97 Å². The van der Waals surface area contributed by atoms with Crippen LogP contribution in [0.2, 0.25) is 5.02 Å². The number of hydrogen-bond acceptors (Lipinski definition) is 3. The summed E-state index contributed by atoms with van der Waals surface area (Å²) < 4.78 is 5.27. The van der Waals surface area contributed by atoms with E-state index in [2.05, 4.69) is 5.32 Å².